The van der Waals surface area contributed by atoms with Crippen LogP contribution in [0.15, 0.2) is 15.3 Å². The largest absolute Gasteiger partial charge is 0.393 e. The van der Waals surface area contributed by atoms with Gasteiger partial charge in [-0.25, -0.2) is 0 Å². The van der Waals surface area contributed by atoms with Gasteiger partial charge in [0.05, 0.1) is 11.8 Å². The van der Waals surface area contributed by atoms with Crippen LogP contribution in [0.3, 0.4) is 0 Å². The van der Waals surface area contributed by atoms with Gasteiger partial charge in [-0.05, 0) is 32.1 Å². The first-order chi connectivity index (χ1) is 10.7. The minimum atomic E-state index is -0.335. The number of aromatic nitrogens is 3. The monoisotopic (exact) mass is 306 g/mol. The van der Waals surface area contributed by atoms with E-state index in [-0.39, 0.29) is 17.9 Å². The van der Waals surface area contributed by atoms with Crippen molar-refractivity contribution in [2.45, 2.75) is 51.7 Å². The van der Waals surface area contributed by atoms with Crippen LogP contribution < -0.4 is 5.32 Å². The number of hydrogen-bond acceptors (Lipinski definition) is 7. The van der Waals surface area contributed by atoms with Crippen LogP contribution in [-0.2, 0) is 13.0 Å². The number of aryl methyl sites for hydroxylation is 2. The second-order valence-electron chi connectivity index (χ2n) is 5.95. The smallest absolute Gasteiger partial charge is 0.229 e. The highest BCUT2D eigenvalue weighted by molar-refractivity contribution is 5.14. The first-order valence-corrected chi connectivity index (χ1v) is 7.78. The van der Waals surface area contributed by atoms with E-state index in [0.29, 0.717) is 24.7 Å². The predicted molar refractivity (Wildman–Crippen MR) is 78.1 cm³/mol. The molecule has 0 saturated heterocycles. The fourth-order valence-electron chi connectivity index (χ4n) is 3.11. The van der Waals surface area contributed by atoms with Crippen molar-refractivity contribution in [2.75, 3.05) is 6.54 Å². The van der Waals surface area contributed by atoms with Crippen molar-refractivity contribution in [1.29, 1.82) is 0 Å². The van der Waals surface area contributed by atoms with Crippen LogP contribution in [0.4, 0.5) is 0 Å². The molecule has 0 amide bonds. The summed E-state index contributed by atoms with van der Waals surface area (Å²) in [5.41, 5.74) is 2.07. The Morgan fingerprint density at radius 2 is 2.23 bits per heavy atom. The standard InChI is InChI=1S/C15H22N4O3/c1-3-13-12(8-21-19-13)7-16-6-11-4-10(5-14(11)20)15-17-9(2)18-22-15/h8,10-11,14,16,20H,3-7H2,1-2H3/t10-,11+,14+/m0/s1. The van der Waals surface area contributed by atoms with Gasteiger partial charge in [-0.3, -0.25) is 0 Å². The maximum Gasteiger partial charge on any atom is 0.229 e. The van der Waals surface area contributed by atoms with E-state index in [1.54, 1.807) is 6.26 Å². The second kappa shape index (κ2) is 6.58. The molecular weight excluding hydrogens is 284 g/mol. The van der Waals surface area contributed by atoms with Gasteiger partial charge in [0.2, 0.25) is 5.89 Å². The maximum atomic E-state index is 10.2. The molecule has 1 saturated carbocycles. The van der Waals surface area contributed by atoms with E-state index in [4.69, 9.17) is 9.05 Å². The third kappa shape index (κ3) is 3.20. The van der Waals surface area contributed by atoms with Gasteiger partial charge in [-0.2, -0.15) is 4.98 Å². The van der Waals surface area contributed by atoms with Crippen molar-refractivity contribution >= 4 is 0 Å². The zero-order valence-electron chi connectivity index (χ0n) is 13.0. The zero-order valence-corrected chi connectivity index (χ0v) is 13.0. The van der Waals surface area contributed by atoms with E-state index in [1.165, 1.54) is 0 Å². The molecule has 3 atom stereocenters. The molecule has 0 radical (unpaired) electrons. The van der Waals surface area contributed by atoms with Crippen molar-refractivity contribution < 1.29 is 14.2 Å². The summed E-state index contributed by atoms with van der Waals surface area (Å²) in [4.78, 5) is 4.28. The van der Waals surface area contributed by atoms with Crippen molar-refractivity contribution in [3.05, 3.63) is 29.2 Å². The first kappa shape index (κ1) is 15.2. The number of rotatable bonds is 6. The Bertz CT molecular complexity index is 609. The van der Waals surface area contributed by atoms with Crippen molar-refractivity contribution in [1.82, 2.24) is 20.6 Å². The molecular formula is C15H22N4O3. The fraction of sp³-hybridized carbons (Fsp3) is 0.667. The summed E-state index contributed by atoms with van der Waals surface area (Å²) in [6.45, 7) is 5.32. The molecule has 0 spiro atoms. The Balaban J connectivity index is 1.51. The normalized spacial score (nSPS) is 25.0. The quantitative estimate of drug-likeness (QED) is 0.836. The molecule has 0 unspecified atom stereocenters. The lowest BCUT2D eigenvalue weighted by Crippen LogP contribution is -2.27. The van der Waals surface area contributed by atoms with E-state index < -0.39 is 0 Å². The predicted octanol–water partition coefficient (Wildman–Crippen LogP) is 1.57. The molecule has 0 aromatic carbocycles. The lowest BCUT2D eigenvalue weighted by Gasteiger charge is -2.14. The van der Waals surface area contributed by atoms with Crippen LogP contribution in [0.1, 0.15) is 48.7 Å². The van der Waals surface area contributed by atoms with Gasteiger partial charge >= 0.3 is 0 Å². The van der Waals surface area contributed by atoms with Crippen LogP contribution >= 0.6 is 0 Å². The molecule has 3 rings (SSSR count). The minimum absolute atomic E-state index is 0.157. The number of aliphatic hydroxyl groups excluding tert-OH is 1. The van der Waals surface area contributed by atoms with Gasteiger partial charge in [0.1, 0.15) is 6.26 Å². The third-order valence-corrected chi connectivity index (χ3v) is 4.34. The Morgan fingerprint density at radius 1 is 1.36 bits per heavy atom. The Labute approximate surface area is 129 Å². The summed E-state index contributed by atoms with van der Waals surface area (Å²) in [5, 5.41) is 21.4. The fourth-order valence-corrected chi connectivity index (χ4v) is 3.11. The lowest BCUT2D eigenvalue weighted by molar-refractivity contribution is 0.130. The number of nitrogens with one attached hydrogen (secondary N) is 1. The molecule has 7 heteroatoms. The number of hydrogen-bond donors (Lipinski definition) is 2. The highest BCUT2D eigenvalue weighted by Gasteiger charge is 2.36. The summed E-state index contributed by atoms with van der Waals surface area (Å²) in [5.74, 6) is 1.64. The van der Waals surface area contributed by atoms with Gasteiger partial charge in [-0.1, -0.05) is 17.2 Å². The van der Waals surface area contributed by atoms with Gasteiger partial charge < -0.3 is 19.5 Å². The molecule has 120 valence electrons. The summed E-state index contributed by atoms with van der Waals surface area (Å²) in [6, 6.07) is 0. The van der Waals surface area contributed by atoms with Gasteiger partial charge in [0, 0.05) is 24.6 Å². The molecule has 1 aliphatic rings. The molecule has 2 aromatic rings. The minimum Gasteiger partial charge on any atom is -0.393 e. The molecule has 0 aliphatic heterocycles. The average molecular weight is 306 g/mol. The number of aliphatic hydroxyl groups is 1. The average Bonchev–Trinajstić information content (AvgIpc) is 3.20. The summed E-state index contributed by atoms with van der Waals surface area (Å²) in [6.07, 6.45) is 3.75. The van der Waals surface area contributed by atoms with Crippen molar-refractivity contribution in [3.63, 3.8) is 0 Å². The molecule has 1 fully saturated rings. The molecule has 2 N–H and O–H groups in total. The summed E-state index contributed by atoms with van der Waals surface area (Å²) < 4.78 is 10.2. The van der Waals surface area contributed by atoms with E-state index in [2.05, 4.69) is 27.5 Å². The van der Waals surface area contributed by atoms with E-state index >= 15 is 0 Å². The first-order valence-electron chi connectivity index (χ1n) is 7.78. The zero-order chi connectivity index (χ0) is 15.5. The van der Waals surface area contributed by atoms with Crippen molar-refractivity contribution in [3.8, 4) is 0 Å². The SMILES string of the molecule is CCc1nocc1CNC[C@H]1C[C@H](c2nc(C)no2)C[C@H]1O. The summed E-state index contributed by atoms with van der Waals surface area (Å²) in [7, 11) is 0. The molecule has 1 aliphatic carbocycles. The highest BCUT2D eigenvalue weighted by Crippen LogP contribution is 2.37. The Kier molecular flexibility index (Phi) is 4.54. The van der Waals surface area contributed by atoms with Gasteiger partial charge in [0.25, 0.3) is 0 Å². The van der Waals surface area contributed by atoms with Crippen LogP contribution in [0.5, 0.6) is 0 Å². The maximum absolute atomic E-state index is 10.2. The van der Waals surface area contributed by atoms with Gasteiger partial charge in [-0.15, -0.1) is 0 Å². The molecule has 2 aromatic heterocycles. The second-order valence-corrected chi connectivity index (χ2v) is 5.95. The lowest BCUT2D eigenvalue weighted by atomic mass is 10.0. The highest BCUT2D eigenvalue weighted by atomic mass is 16.5. The molecule has 22 heavy (non-hydrogen) atoms. The van der Waals surface area contributed by atoms with Crippen LogP contribution in [-0.4, -0.2) is 33.1 Å². The summed E-state index contributed by atoms with van der Waals surface area (Å²) >= 11 is 0. The topological polar surface area (TPSA) is 97.2 Å². The van der Waals surface area contributed by atoms with Crippen LogP contribution in [0.2, 0.25) is 0 Å². The molecule has 7 nitrogen and oxygen atoms in total. The van der Waals surface area contributed by atoms with E-state index in [9.17, 15) is 5.11 Å². The van der Waals surface area contributed by atoms with Crippen LogP contribution in [0.25, 0.3) is 0 Å². The van der Waals surface area contributed by atoms with Crippen LogP contribution in [0, 0.1) is 12.8 Å². The van der Waals surface area contributed by atoms with E-state index in [1.807, 2.05) is 6.92 Å². The third-order valence-electron chi connectivity index (χ3n) is 4.34. The molecule has 0 bridgehead atoms. The number of nitrogens with zero attached hydrogens (tertiary/aromatic N) is 3. The van der Waals surface area contributed by atoms with E-state index in [0.717, 1.165) is 30.6 Å². The Hall–Kier alpha value is -1.73. The molecule has 2 heterocycles. The van der Waals surface area contributed by atoms with Gasteiger partial charge in [0.15, 0.2) is 5.82 Å². The Morgan fingerprint density at radius 3 is 2.95 bits per heavy atom. The van der Waals surface area contributed by atoms with Crippen molar-refractivity contribution in [2.24, 2.45) is 5.92 Å².